The van der Waals surface area contributed by atoms with Crippen LogP contribution in [0.15, 0.2) is 18.2 Å². The van der Waals surface area contributed by atoms with Crippen molar-refractivity contribution in [3.63, 3.8) is 0 Å². The molecule has 0 atom stereocenters. The van der Waals surface area contributed by atoms with E-state index in [9.17, 15) is 4.79 Å². The van der Waals surface area contributed by atoms with Gasteiger partial charge in [0.05, 0.1) is 22.7 Å². The number of benzene rings is 1. The van der Waals surface area contributed by atoms with E-state index in [1.54, 1.807) is 23.8 Å². The molecule has 0 spiro atoms. The van der Waals surface area contributed by atoms with Crippen molar-refractivity contribution in [2.75, 3.05) is 13.7 Å². The number of carbonyl (C=O) groups is 1. The number of hydrogen-bond acceptors (Lipinski definition) is 2. The first-order valence-electron chi connectivity index (χ1n) is 5.11. The molecule has 0 amide bonds. The van der Waals surface area contributed by atoms with E-state index >= 15 is 0 Å². The average Bonchev–Trinajstić information content (AvgIpc) is 2.60. The predicted molar refractivity (Wildman–Crippen MR) is 69.2 cm³/mol. The van der Waals surface area contributed by atoms with Crippen molar-refractivity contribution < 1.29 is 9.53 Å². The molecule has 2 rings (SSSR count). The zero-order valence-electron chi connectivity index (χ0n) is 9.24. The third kappa shape index (κ3) is 2.06. The zero-order valence-corrected chi connectivity index (χ0v) is 10.8. The van der Waals surface area contributed by atoms with E-state index in [4.69, 9.17) is 27.9 Å². The molecular weight excluding hydrogens is 261 g/mol. The van der Waals surface area contributed by atoms with Crippen LogP contribution < -0.4 is 0 Å². The summed E-state index contributed by atoms with van der Waals surface area (Å²) in [6.07, 6.45) is 0.754. The summed E-state index contributed by atoms with van der Waals surface area (Å²) in [5.74, 6) is 0. The molecule has 0 unspecified atom stereocenters. The van der Waals surface area contributed by atoms with Gasteiger partial charge in [-0.3, -0.25) is 4.79 Å². The van der Waals surface area contributed by atoms with Crippen molar-refractivity contribution in [1.29, 1.82) is 0 Å². The molecule has 0 bridgehead atoms. The van der Waals surface area contributed by atoms with Gasteiger partial charge in [0.1, 0.15) is 5.15 Å². The summed E-state index contributed by atoms with van der Waals surface area (Å²) in [7, 11) is 1.61. The van der Waals surface area contributed by atoms with Crippen molar-refractivity contribution in [2.45, 2.75) is 6.54 Å². The molecule has 2 aromatic rings. The van der Waals surface area contributed by atoms with Gasteiger partial charge in [-0.15, -0.1) is 0 Å². The first kappa shape index (κ1) is 12.4. The Morgan fingerprint density at radius 2 is 2.18 bits per heavy atom. The van der Waals surface area contributed by atoms with Crippen LogP contribution in [0.2, 0.25) is 10.2 Å². The molecular formula is C12H11Cl2NO2. The molecule has 17 heavy (non-hydrogen) atoms. The van der Waals surface area contributed by atoms with Gasteiger partial charge in [0.2, 0.25) is 0 Å². The second kappa shape index (κ2) is 5.08. The summed E-state index contributed by atoms with van der Waals surface area (Å²) in [6.45, 7) is 1.07. The maximum absolute atomic E-state index is 11.1. The Balaban J connectivity index is 2.71. The van der Waals surface area contributed by atoms with Crippen LogP contribution in [0.4, 0.5) is 0 Å². The lowest BCUT2D eigenvalue weighted by Crippen LogP contribution is -2.04. The van der Waals surface area contributed by atoms with E-state index in [-0.39, 0.29) is 0 Å². The number of rotatable bonds is 4. The SMILES string of the molecule is COCCn1c(Cl)c(C=O)c2cccc(Cl)c21. The van der Waals surface area contributed by atoms with Crippen LogP contribution in [0.1, 0.15) is 10.4 Å². The van der Waals surface area contributed by atoms with E-state index in [0.717, 1.165) is 17.2 Å². The summed E-state index contributed by atoms with van der Waals surface area (Å²) in [4.78, 5) is 11.1. The lowest BCUT2D eigenvalue weighted by molar-refractivity contribution is 0.112. The summed E-state index contributed by atoms with van der Waals surface area (Å²) in [5.41, 5.74) is 1.25. The third-order valence-corrected chi connectivity index (χ3v) is 3.36. The Morgan fingerprint density at radius 1 is 1.41 bits per heavy atom. The lowest BCUT2D eigenvalue weighted by Gasteiger charge is -2.07. The smallest absolute Gasteiger partial charge is 0.153 e. The van der Waals surface area contributed by atoms with Crippen LogP contribution in [0.25, 0.3) is 10.9 Å². The number of halogens is 2. The van der Waals surface area contributed by atoms with E-state index in [1.807, 2.05) is 6.07 Å². The van der Waals surface area contributed by atoms with E-state index in [2.05, 4.69) is 0 Å². The van der Waals surface area contributed by atoms with Gasteiger partial charge >= 0.3 is 0 Å². The molecule has 90 valence electrons. The first-order valence-corrected chi connectivity index (χ1v) is 5.86. The molecule has 1 aromatic carbocycles. The van der Waals surface area contributed by atoms with Gasteiger partial charge in [0.25, 0.3) is 0 Å². The Morgan fingerprint density at radius 3 is 2.82 bits per heavy atom. The summed E-state index contributed by atoms with van der Waals surface area (Å²) in [5, 5.41) is 1.75. The molecule has 1 aromatic heterocycles. The highest BCUT2D eigenvalue weighted by molar-refractivity contribution is 6.38. The maximum Gasteiger partial charge on any atom is 0.153 e. The standard InChI is InChI=1S/C12H11Cl2NO2/c1-17-6-5-15-11-8(3-2-4-10(11)13)9(7-16)12(15)14/h2-4,7H,5-6H2,1H3. The normalized spacial score (nSPS) is 11.0. The average molecular weight is 272 g/mol. The number of para-hydroxylation sites is 1. The molecule has 0 aliphatic heterocycles. The van der Waals surface area contributed by atoms with Crippen molar-refractivity contribution in [2.24, 2.45) is 0 Å². The highest BCUT2D eigenvalue weighted by atomic mass is 35.5. The predicted octanol–water partition coefficient (Wildman–Crippen LogP) is 3.41. The first-order chi connectivity index (χ1) is 8.20. The third-order valence-electron chi connectivity index (χ3n) is 2.64. The summed E-state index contributed by atoms with van der Waals surface area (Å²) < 4.78 is 6.82. The second-order valence-electron chi connectivity index (χ2n) is 3.60. The summed E-state index contributed by atoms with van der Waals surface area (Å²) >= 11 is 12.3. The fourth-order valence-corrected chi connectivity index (χ4v) is 2.46. The quantitative estimate of drug-likeness (QED) is 0.799. The minimum absolute atomic E-state index is 0.403. The van der Waals surface area contributed by atoms with Crippen LogP contribution in [0, 0.1) is 0 Å². The van der Waals surface area contributed by atoms with E-state index < -0.39 is 0 Å². The molecule has 0 radical (unpaired) electrons. The second-order valence-corrected chi connectivity index (χ2v) is 4.37. The van der Waals surface area contributed by atoms with Gasteiger partial charge in [-0.05, 0) is 6.07 Å². The number of fused-ring (bicyclic) bond motifs is 1. The number of methoxy groups -OCH3 is 1. The van der Waals surface area contributed by atoms with E-state index in [0.29, 0.717) is 28.9 Å². The van der Waals surface area contributed by atoms with Crippen LogP contribution >= 0.6 is 23.2 Å². The van der Waals surface area contributed by atoms with Crippen LogP contribution in [-0.2, 0) is 11.3 Å². The fourth-order valence-electron chi connectivity index (χ4n) is 1.87. The molecule has 5 heteroatoms. The van der Waals surface area contributed by atoms with Crippen molar-refractivity contribution in [3.8, 4) is 0 Å². The number of nitrogens with zero attached hydrogens (tertiary/aromatic N) is 1. The highest BCUT2D eigenvalue weighted by Gasteiger charge is 2.16. The fraction of sp³-hybridized carbons (Fsp3) is 0.250. The Bertz CT molecular complexity index is 563. The van der Waals surface area contributed by atoms with Crippen LogP contribution in [0.3, 0.4) is 0 Å². The highest BCUT2D eigenvalue weighted by Crippen LogP contribution is 2.33. The van der Waals surface area contributed by atoms with Gasteiger partial charge < -0.3 is 9.30 Å². The minimum Gasteiger partial charge on any atom is -0.383 e. The van der Waals surface area contributed by atoms with Crippen LogP contribution in [0.5, 0.6) is 0 Å². The Hall–Kier alpha value is -1.03. The zero-order chi connectivity index (χ0) is 12.4. The van der Waals surface area contributed by atoms with Gasteiger partial charge in [0, 0.05) is 19.0 Å². The molecule has 0 fully saturated rings. The summed E-state index contributed by atoms with van der Waals surface area (Å²) in [6, 6.07) is 5.41. The van der Waals surface area contributed by atoms with Crippen LogP contribution in [-0.4, -0.2) is 24.6 Å². The number of carbonyl (C=O) groups excluding carboxylic acids is 1. The largest absolute Gasteiger partial charge is 0.383 e. The van der Waals surface area contributed by atoms with Crippen molar-refractivity contribution in [3.05, 3.63) is 33.9 Å². The maximum atomic E-state index is 11.1. The minimum atomic E-state index is 0.403. The van der Waals surface area contributed by atoms with Gasteiger partial charge in [-0.2, -0.15) is 0 Å². The van der Waals surface area contributed by atoms with Gasteiger partial charge in [-0.1, -0.05) is 35.3 Å². The molecule has 0 saturated carbocycles. The molecule has 3 nitrogen and oxygen atoms in total. The molecule has 0 saturated heterocycles. The Kier molecular flexibility index (Phi) is 3.72. The lowest BCUT2D eigenvalue weighted by atomic mass is 10.2. The molecule has 1 heterocycles. The van der Waals surface area contributed by atoms with Crippen molar-refractivity contribution >= 4 is 40.4 Å². The molecule has 0 aliphatic carbocycles. The van der Waals surface area contributed by atoms with Gasteiger partial charge in [-0.25, -0.2) is 0 Å². The number of hydrogen-bond donors (Lipinski definition) is 0. The van der Waals surface area contributed by atoms with Gasteiger partial charge in [0.15, 0.2) is 6.29 Å². The van der Waals surface area contributed by atoms with E-state index in [1.165, 1.54) is 0 Å². The topological polar surface area (TPSA) is 31.2 Å². The molecule has 0 N–H and O–H groups in total. The Labute approximate surface area is 109 Å². The number of aldehydes is 1. The number of aromatic nitrogens is 1. The monoisotopic (exact) mass is 271 g/mol. The van der Waals surface area contributed by atoms with Crippen molar-refractivity contribution in [1.82, 2.24) is 4.57 Å². The number of ether oxygens (including phenoxy) is 1. The molecule has 0 aliphatic rings.